The Morgan fingerprint density at radius 3 is 2.40 bits per heavy atom. The van der Waals surface area contributed by atoms with Crippen molar-refractivity contribution in [2.24, 2.45) is 22.7 Å². The van der Waals surface area contributed by atoms with Crippen LogP contribution in [0.5, 0.6) is 0 Å². The van der Waals surface area contributed by atoms with Crippen LogP contribution in [0.15, 0.2) is 23.8 Å². The van der Waals surface area contributed by atoms with Gasteiger partial charge in [-0.25, -0.2) is 4.79 Å². The highest BCUT2D eigenvalue weighted by atomic mass is 16.7. The summed E-state index contributed by atoms with van der Waals surface area (Å²) in [6, 6.07) is 0. The van der Waals surface area contributed by atoms with Gasteiger partial charge in [-0.3, -0.25) is 0 Å². The largest absolute Gasteiger partial charge is 0.453 e. The molecule has 0 aromatic heterocycles. The highest BCUT2D eigenvalue weighted by Crippen LogP contribution is 2.90. The van der Waals surface area contributed by atoms with Crippen molar-refractivity contribution in [1.29, 1.82) is 0 Å². The minimum Gasteiger partial charge on any atom is -0.453 e. The molecular formula is C26H36O9. The maximum Gasteiger partial charge on any atom is 0.334 e. The fourth-order valence-corrected chi connectivity index (χ4v) is 9.72. The summed E-state index contributed by atoms with van der Waals surface area (Å²) >= 11 is 0. The lowest BCUT2D eigenvalue weighted by molar-refractivity contribution is -0.390. The zero-order chi connectivity index (χ0) is 25.8. The first-order valence-corrected chi connectivity index (χ1v) is 12.6. The van der Waals surface area contributed by atoms with E-state index in [2.05, 4.69) is 0 Å². The monoisotopic (exact) mass is 492 g/mol. The lowest BCUT2D eigenvalue weighted by Crippen LogP contribution is -2.75. The predicted molar refractivity (Wildman–Crippen MR) is 120 cm³/mol. The molecule has 0 radical (unpaired) electrons. The van der Waals surface area contributed by atoms with Crippen LogP contribution in [0.2, 0.25) is 0 Å². The highest BCUT2D eigenvalue weighted by Gasteiger charge is 3.10. The van der Waals surface area contributed by atoms with Gasteiger partial charge in [0.1, 0.15) is 22.4 Å². The first kappa shape index (κ1) is 24.0. The highest BCUT2D eigenvalue weighted by molar-refractivity contribution is 5.90. The van der Waals surface area contributed by atoms with E-state index in [1.54, 1.807) is 39.0 Å². The molecule has 0 unspecified atom stereocenters. The van der Waals surface area contributed by atoms with Crippen LogP contribution in [0.3, 0.4) is 0 Å². The van der Waals surface area contributed by atoms with Crippen LogP contribution in [0.25, 0.3) is 0 Å². The van der Waals surface area contributed by atoms with Crippen LogP contribution in [-0.2, 0) is 14.3 Å². The summed E-state index contributed by atoms with van der Waals surface area (Å²) in [5, 5.41) is 74.0. The molecular weight excluding hydrogens is 456 g/mol. The normalized spacial score (nSPS) is 61.5. The van der Waals surface area contributed by atoms with Crippen LogP contribution < -0.4 is 0 Å². The standard InChI is InChI=1S/C26H36O9/c1-13(2)23(31)18(34-17(28)15-8-6-7-9-15)24(32)19(4)12-22(30)20(23,5)26(24,33)25(35-22)16(27)14(3)10-11-21(19,25)29/h6-8,13-14,16,18,27,29-33H,9-12H2,1-5H3/t14-,16+,18+,19-,20+,21-,22-,23+,24+,25+,26+/m0/s1. The summed E-state index contributed by atoms with van der Waals surface area (Å²) in [5.74, 6) is -4.18. The van der Waals surface area contributed by atoms with Crippen molar-refractivity contribution >= 4 is 5.97 Å². The van der Waals surface area contributed by atoms with Gasteiger partial charge in [-0.1, -0.05) is 45.9 Å². The number of carbonyl (C=O) groups excluding carboxylic acids is 1. The van der Waals surface area contributed by atoms with E-state index in [0.717, 1.165) is 0 Å². The number of aliphatic hydroxyl groups excluding tert-OH is 1. The lowest BCUT2D eigenvalue weighted by Gasteiger charge is -2.60. The quantitative estimate of drug-likeness (QED) is 0.300. The van der Waals surface area contributed by atoms with Gasteiger partial charge in [-0.15, -0.1) is 0 Å². The summed E-state index contributed by atoms with van der Waals surface area (Å²) < 4.78 is 12.1. The number of hydrogen-bond donors (Lipinski definition) is 6. The van der Waals surface area contributed by atoms with Crippen molar-refractivity contribution in [2.75, 3.05) is 0 Å². The van der Waals surface area contributed by atoms with Crippen molar-refractivity contribution in [3.8, 4) is 0 Å². The Kier molecular flexibility index (Phi) is 4.15. The summed E-state index contributed by atoms with van der Waals surface area (Å²) in [7, 11) is 0. The summed E-state index contributed by atoms with van der Waals surface area (Å²) in [5.41, 5.74) is -14.8. The van der Waals surface area contributed by atoms with Crippen molar-refractivity contribution < 1.29 is 44.9 Å². The van der Waals surface area contributed by atoms with Crippen molar-refractivity contribution in [3.63, 3.8) is 0 Å². The van der Waals surface area contributed by atoms with Gasteiger partial charge >= 0.3 is 5.97 Å². The number of allylic oxidation sites excluding steroid dienone is 3. The third kappa shape index (κ3) is 1.77. The number of hydrogen-bond acceptors (Lipinski definition) is 9. The van der Waals surface area contributed by atoms with E-state index in [1.807, 2.05) is 0 Å². The molecule has 2 aliphatic heterocycles. The van der Waals surface area contributed by atoms with Gasteiger partial charge in [-0.05, 0) is 38.0 Å². The average Bonchev–Trinajstić information content (AvgIpc) is 3.41. The Morgan fingerprint density at radius 1 is 1.17 bits per heavy atom. The molecule has 6 fully saturated rings. The molecule has 9 nitrogen and oxygen atoms in total. The molecule has 7 aliphatic rings. The van der Waals surface area contributed by atoms with Gasteiger partial charge in [0.05, 0.1) is 11.5 Å². The maximum atomic E-state index is 13.2. The van der Waals surface area contributed by atoms with E-state index < -0.39 is 74.6 Å². The fraction of sp³-hybridized carbons (Fsp3) is 0.808. The average molecular weight is 493 g/mol. The molecule has 5 aliphatic carbocycles. The van der Waals surface area contributed by atoms with Crippen LogP contribution in [0, 0.1) is 22.7 Å². The minimum absolute atomic E-state index is 0.0777. The zero-order valence-corrected chi connectivity index (χ0v) is 20.8. The third-order valence-corrected chi connectivity index (χ3v) is 11.5. The lowest BCUT2D eigenvalue weighted by atomic mass is 9.52. The minimum atomic E-state index is -2.57. The molecule has 0 aromatic carbocycles. The number of esters is 1. The molecule has 0 amide bonds. The van der Waals surface area contributed by atoms with Gasteiger partial charge in [-0.2, -0.15) is 0 Å². The zero-order valence-electron chi connectivity index (χ0n) is 20.8. The predicted octanol–water partition coefficient (Wildman–Crippen LogP) is 0.0568. The second-order valence-corrected chi connectivity index (χ2v) is 12.6. The molecule has 35 heavy (non-hydrogen) atoms. The molecule has 2 saturated heterocycles. The van der Waals surface area contributed by atoms with E-state index in [1.165, 1.54) is 13.8 Å². The summed E-state index contributed by atoms with van der Waals surface area (Å²) in [6.45, 7) is 7.98. The molecule has 194 valence electrons. The third-order valence-electron chi connectivity index (χ3n) is 11.5. The van der Waals surface area contributed by atoms with E-state index in [4.69, 9.17) is 9.47 Å². The Balaban J connectivity index is 1.68. The first-order chi connectivity index (χ1) is 16.0. The molecule has 4 saturated carbocycles. The van der Waals surface area contributed by atoms with Crippen molar-refractivity contribution in [1.82, 2.24) is 0 Å². The van der Waals surface area contributed by atoms with E-state index in [-0.39, 0.29) is 12.8 Å². The van der Waals surface area contributed by atoms with E-state index in [9.17, 15) is 35.4 Å². The number of rotatable bonds is 3. The smallest absolute Gasteiger partial charge is 0.334 e. The second-order valence-electron chi connectivity index (χ2n) is 12.6. The van der Waals surface area contributed by atoms with Crippen LogP contribution in [-0.4, -0.2) is 82.6 Å². The second kappa shape index (κ2) is 6.04. The van der Waals surface area contributed by atoms with Gasteiger partial charge in [0.2, 0.25) is 0 Å². The Hall–Kier alpha value is -1.33. The summed E-state index contributed by atoms with van der Waals surface area (Å²) in [6.07, 6.45) is 2.31. The molecule has 1 spiro atoms. The SMILES string of the molecule is CC(C)[C@@]1(O)[C@@H](OC(=O)C2=CC=CC2)[C@@]2(O)[C@@]3(C)C[C@]4(O)O[C@@]5([C@H](O)[C@@H](C)CC[C@]35O)[C@@]2(O)[C@@]14C. The molecule has 9 heteroatoms. The Bertz CT molecular complexity index is 1100. The Labute approximate surface area is 204 Å². The Morgan fingerprint density at radius 2 is 1.83 bits per heavy atom. The molecule has 6 N–H and O–H groups in total. The van der Waals surface area contributed by atoms with Crippen LogP contribution >= 0.6 is 0 Å². The number of aliphatic hydroxyl groups is 6. The molecule has 0 aromatic rings. The molecule has 11 atom stereocenters. The van der Waals surface area contributed by atoms with E-state index in [0.29, 0.717) is 18.4 Å². The fourth-order valence-electron chi connectivity index (χ4n) is 9.72. The van der Waals surface area contributed by atoms with Crippen LogP contribution in [0.1, 0.15) is 60.3 Å². The summed E-state index contributed by atoms with van der Waals surface area (Å²) in [4.78, 5) is 13.2. The topological polar surface area (TPSA) is 157 Å². The maximum absolute atomic E-state index is 13.2. The van der Waals surface area contributed by atoms with Crippen molar-refractivity contribution in [3.05, 3.63) is 23.8 Å². The van der Waals surface area contributed by atoms with Gasteiger partial charge in [0, 0.05) is 17.4 Å². The number of ether oxygens (including phenoxy) is 2. The molecule has 2 heterocycles. The van der Waals surface area contributed by atoms with E-state index >= 15 is 0 Å². The molecule has 7 rings (SSSR count). The van der Waals surface area contributed by atoms with Gasteiger partial charge in [0.15, 0.2) is 17.5 Å². The van der Waals surface area contributed by atoms with Crippen molar-refractivity contribution in [2.45, 2.75) is 106 Å². The first-order valence-electron chi connectivity index (χ1n) is 12.6. The van der Waals surface area contributed by atoms with Crippen LogP contribution in [0.4, 0.5) is 0 Å². The van der Waals surface area contributed by atoms with Gasteiger partial charge in [0.25, 0.3) is 0 Å². The number of carbonyl (C=O) groups is 1. The molecule has 6 bridgehead atoms. The van der Waals surface area contributed by atoms with Gasteiger partial charge < -0.3 is 40.1 Å².